The third-order valence-electron chi connectivity index (χ3n) is 2.42. The van der Waals surface area contributed by atoms with Gasteiger partial charge in [0.25, 0.3) is 0 Å². The summed E-state index contributed by atoms with van der Waals surface area (Å²) in [7, 11) is 0. The lowest BCUT2D eigenvalue weighted by molar-refractivity contribution is 0.622. The predicted octanol–water partition coefficient (Wildman–Crippen LogP) is 3.53. The summed E-state index contributed by atoms with van der Waals surface area (Å²) in [5.74, 6) is 0.245. The van der Waals surface area contributed by atoms with Gasteiger partial charge in [0.15, 0.2) is 0 Å². The summed E-state index contributed by atoms with van der Waals surface area (Å²) in [4.78, 5) is 11.3. The molecule has 0 aliphatic carbocycles. The van der Waals surface area contributed by atoms with Gasteiger partial charge < -0.3 is 4.98 Å². The average molecular weight is 292 g/mol. The van der Waals surface area contributed by atoms with Gasteiger partial charge >= 0.3 is 0 Å². The van der Waals surface area contributed by atoms with E-state index in [9.17, 15) is 4.39 Å². The fourth-order valence-corrected chi connectivity index (χ4v) is 2.02. The van der Waals surface area contributed by atoms with E-state index < -0.39 is 0 Å². The van der Waals surface area contributed by atoms with E-state index in [0.29, 0.717) is 11.4 Å². The van der Waals surface area contributed by atoms with Crippen LogP contribution in [0.3, 0.4) is 0 Å². The van der Waals surface area contributed by atoms with E-state index in [1.54, 1.807) is 6.20 Å². The Labute approximate surface area is 105 Å². The molecular formula is C12H7BrFN3. The van der Waals surface area contributed by atoms with Crippen LogP contribution in [0.2, 0.25) is 0 Å². The molecule has 3 nitrogen and oxygen atoms in total. The minimum atomic E-state index is -0.371. The largest absolute Gasteiger partial charge is 0.338 e. The van der Waals surface area contributed by atoms with Crippen molar-refractivity contribution in [2.24, 2.45) is 0 Å². The zero-order valence-electron chi connectivity index (χ0n) is 8.61. The first-order valence-electron chi connectivity index (χ1n) is 4.98. The van der Waals surface area contributed by atoms with Crippen LogP contribution in [0, 0.1) is 5.82 Å². The summed E-state index contributed by atoms with van der Waals surface area (Å²) in [5.41, 5.74) is 2.38. The highest BCUT2D eigenvalue weighted by molar-refractivity contribution is 9.10. The van der Waals surface area contributed by atoms with Crippen LogP contribution >= 0.6 is 15.9 Å². The van der Waals surface area contributed by atoms with E-state index in [-0.39, 0.29) is 5.82 Å². The lowest BCUT2D eigenvalue weighted by Crippen LogP contribution is -1.84. The number of hydrogen-bond donors (Lipinski definition) is 1. The Bertz CT molecular complexity index is 693. The zero-order chi connectivity index (χ0) is 11.8. The molecule has 2 heterocycles. The van der Waals surface area contributed by atoms with Crippen LogP contribution < -0.4 is 0 Å². The number of halogens is 2. The maximum absolute atomic E-state index is 13.1. The van der Waals surface area contributed by atoms with Crippen molar-refractivity contribution in [3.63, 3.8) is 0 Å². The SMILES string of the molecule is Fc1cncc(-c2nc3ccc(Br)cc3[nH]2)c1. The standard InChI is InChI=1S/C12H7BrFN3/c13-8-1-2-10-11(4-8)17-12(16-10)7-3-9(14)6-15-5-7/h1-6H,(H,16,17). The van der Waals surface area contributed by atoms with Gasteiger partial charge in [-0.25, -0.2) is 9.37 Å². The molecule has 0 unspecified atom stereocenters. The first kappa shape index (κ1) is 10.4. The van der Waals surface area contributed by atoms with E-state index in [1.807, 2.05) is 18.2 Å². The lowest BCUT2D eigenvalue weighted by atomic mass is 10.3. The molecule has 0 atom stereocenters. The minimum Gasteiger partial charge on any atom is -0.338 e. The average Bonchev–Trinajstić information content (AvgIpc) is 2.72. The smallest absolute Gasteiger partial charge is 0.142 e. The Kier molecular flexibility index (Phi) is 2.40. The number of benzene rings is 1. The number of H-pyrrole nitrogens is 1. The number of hydrogen-bond acceptors (Lipinski definition) is 2. The van der Waals surface area contributed by atoms with Crippen molar-refractivity contribution in [1.82, 2.24) is 15.0 Å². The quantitative estimate of drug-likeness (QED) is 0.745. The molecule has 1 N–H and O–H groups in total. The van der Waals surface area contributed by atoms with Gasteiger partial charge in [0, 0.05) is 16.2 Å². The predicted molar refractivity (Wildman–Crippen MR) is 67.0 cm³/mol. The van der Waals surface area contributed by atoms with Crippen molar-refractivity contribution in [2.75, 3.05) is 0 Å². The van der Waals surface area contributed by atoms with Crippen LogP contribution in [-0.2, 0) is 0 Å². The monoisotopic (exact) mass is 291 g/mol. The second-order valence-electron chi connectivity index (χ2n) is 3.64. The Balaban J connectivity index is 2.18. The second-order valence-corrected chi connectivity index (χ2v) is 4.55. The number of imidazole rings is 1. The Morgan fingerprint density at radius 2 is 2.06 bits per heavy atom. The highest BCUT2D eigenvalue weighted by Crippen LogP contribution is 2.22. The minimum absolute atomic E-state index is 0.371. The van der Waals surface area contributed by atoms with Crippen molar-refractivity contribution in [3.8, 4) is 11.4 Å². The summed E-state index contributed by atoms with van der Waals surface area (Å²) in [6.07, 6.45) is 2.75. The zero-order valence-corrected chi connectivity index (χ0v) is 10.2. The number of aromatic nitrogens is 3. The molecule has 1 aromatic carbocycles. The third kappa shape index (κ3) is 1.93. The maximum Gasteiger partial charge on any atom is 0.142 e. The summed E-state index contributed by atoms with van der Waals surface area (Å²) < 4.78 is 14.0. The van der Waals surface area contributed by atoms with Gasteiger partial charge in [0.2, 0.25) is 0 Å². The molecule has 0 saturated heterocycles. The Morgan fingerprint density at radius 3 is 2.88 bits per heavy atom. The van der Waals surface area contributed by atoms with Crippen LogP contribution in [0.25, 0.3) is 22.4 Å². The summed E-state index contributed by atoms with van der Waals surface area (Å²) in [6, 6.07) is 7.14. The molecule has 0 fully saturated rings. The van der Waals surface area contributed by atoms with Gasteiger partial charge in [0.1, 0.15) is 11.6 Å². The molecule has 0 amide bonds. The van der Waals surface area contributed by atoms with Gasteiger partial charge in [0.05, 0.1) is 17.2 Å². The van der Waals surface area contributed by atoms with E-state index in [2.05, 4.69) is 30.9 Å². The van der Waals surface area contributed by atoms with Crippen molar-refractivity contribution >= 4 is 27.0 Å². The Hall–Kier alpha value is -1.75. The van der Waals surface area contributed by atoms with E-state index in [1.165, 1.54) is 12.3 Å². The first-order valence-corrected chi connectivity index (χ1v) is 5.78. The van der Waals surface area contributed by atoms with Gasteiger partial charge in [-0.2, -0.15) is 0 Å². The normalized spacial score (nSPS) is 10.9. The molecule has 0 aliphatic heterocycles. The number of rotatable bonds is 1. The van der Waals surface area contributed by atoms with Crippen LogP contribution in [0.4, 0.5) is 4.39 Å². The van der Waals surface area contributed by atoms with Crippen LogP contribution in [0.15, 0.2) is 41.1 Å². The fourth-order valence-electron chi connectivity index (χ4n) is 1.66. The summed E-state index contributed by atoms with van der Waals surface area (Å²) in [6.45, 7) is 0. The molecule has 0 spiro atoms. The fraction of sp³-hybridized carbons (Fsp3) is 0. The van der Waals surface area contributed by atoms with Crippen LogP contribution in [0.1, 0.15) is 0 Å². The highest BCUT2D eigenvalue weighted by Gasteiger charge is 2.06. The molecule has 0 radical (unpaired) electrons. The van der Waals surface area contributed by atoms with Gasteiger partial charge in [-0.1, -0.05) is 15.9 Å². The molecular weight excluding hydrogens is 285 g/mol. The maximum atomic E-state index is 13.1. The molecule has 0 aliphatic rings. The van der Waals surface area contributed by atoms with Gasteiger partial charge in [-0.3, -0.25) is 4.98 Å². The molecule has 5 heteroatoms. The molecule has 2 aromatic heterocycles. The molecule has 84 valence electrons. The summed E-state index contributed by atoms with van der Waals surface area (Å²) >= 11 is 3.39. The number of nitrogens with one attached hydrogen (secondary N) is 1. The van der Waals surface area contributed by atoms with Gasteiger partial charge in [-0.15, -0.1) is 0 Å². The van der Waals surface area contributed by atoms with E-state index >= 15 is 0 Å². The third-order valence-corrected chi connectivity index (χ3v) is 2.92. The number of fused-ring (bicyclic) bond motifs is 1. The number of pyridine rings is 1. The molecule has 3 aromatic rings. The second kappa shape index (κ2) is 3.92. The summed E-state index contributed by atoms with van der Waals surface area (Å²) in [5, 5.41) is 0. The molecule has 0 saturated carbocycles. The van der Waals surface area contributed by atoms with E-state index in [0.717, 1.165) is 15.5 Å². The number of nitrogens with zero attached hydrogens (tertiary/aromatic N) is 2. The topological polar surface area (TPSA) is 41.6 Å². The van der Waals surface area contributed by atoms with Crippen molar-refractivity contribution < 1.29 is 4.39 Å². The first-order chi connectivity index (χ1) is 8.22. The number of aromatic amines is 1. The van der Waals surface area contributed by atoms with Crippen LogP contribution in [0.5, 0.6) is 0 Å². The van der Waals surface area contributed by atoms with Gasteiger partial charge in [-0.05, 0) is 24.3 Å². The molecule has 0 bridgehead atoms. The van der Waals surface area contributed by atoms with Crippen molar-refractivity contribution in [1.29, 1.82) is 0 Å². The molecule has 17 heavy (non-hydrogen) atoms. The van der Waals surface area contributed by atoms with Crippen LogP contribution in [-0.4, -0.2) is 15.0 Å². The molecule has 3 rings (SSSR count). The van der Waals surface area contributed by atoms with Crippen molar-refractivity contribution in [2.45, 2.75) is 0 Å². The van der Waals surface area contributed by atoms with Crippen molar-refractivity contribution in [3.05, 3.63) is 46.9 Å². The van der Waals surface area contributed by atoms with E-state index in [4.69, 9.17) is 0 Å². The lowest BCUT2D eigenvalue weighted by Gasteiger charge is -1.94. The highest BCUT2D eigenvalue weighted by atomic mass is 79.9. The Morgan fingerprint density at radius 1 is 1.18 bits per heavy atom.